The minimum absolute atomic E-state index is 0. The third-order valence-electron chi connectivity index (χ3n) is 2.87. The molecule has 0 saturated carbocycles. The number of aryl methyl sites for hydroxylation is 1. The Morgan fingerprint density at radius 3 is 2.55 bits per heavy atom. The first kappa shape index (κ1) is 18.4. The van der Waals surface area contributed by atoms with E-state index in [-0.39, 0.29) is 24.2 Å². The van der Waals surface area contributed by atoms with Gasteiger partial charge in [0.2, 0.25) is 5.91 Å². The number of carbonyl (C=O) groups is 2. The van der Waals surface area contributed by atoms with E-state index in [1.54, 1.807) is 25.2 Å². The summed E-state index contributed by atoms with van der Waals surface area (Å²) in [7, 11) is 3.13. The Labute approximate surface area is 125 Å². The molecule has 0 fully saturated rings. The summed E-state index contributed by atoms with van der Waals surface area (Å²) in [6.45, 7) is 4.31. The molecule has 112 valence electrons. The number of hydrogen-bond acceptors (Lipinski definition) is 4. The zero-order valence-electron chi connectivity index (χ0n) is 12.1. The number of benzene rings is 1. The van der Waals surface area contributed by atoms with Crippen LogP contribution in [0.2, 0.25) is 0 Å². The van der Waals surface area contributed by atoms with Crippen molar-refractivity contribution in [1.82, 2.24) is 5.32 Å². The number of amides is 1. The Morgan fingerprint density at radius 1 is 1.35 bits per heavy atom. The largest absolute Gasteiger partial charge is 0.465 e. The lowest BCUT2D eigenvalue weighted by molar-refractivity contribution is -0.119. The van der Waals surface area contributed by atoms with Crippen molar-refractivity contribution in [3.05, 3.63) is 29.3 Å². The molecule has 1 aromatic rings. The molecule has 0 radical (unpaired) electrons. The molecule has 1 rings (SSSR count). The fourth-order valence-corrected chi connectivity index (χ4v) is 1.66. The maximum absolute atomic E-state index is 11.9. The summed E-state index contributed by atoms with van der Waals surface area (Å²) < 4.78 is 4.66. The molecule has 0 heterocycles. The highest BCUT2D eigenvalue weighted by molar-refractivity contribution is 5.96. The minimum atomic E-state index is -0.418. The van der Waals surface area contributed by atoms with Crippen LogP contribution in [0.5, 0.6) is 0 Å². The number of anilines is 1. The first-order valence-electron chi connectivity index (χ1n) is 6.14. The molecule has 1 amide bonds. The Balaban J connectivity index is 0.00000361. The fourth-order valence-electron chi connectivity index (χ4n) is 1.66. The predicted octanol–water partition coefficient (Wildman–Crippen LogP) is 2.00. The lowest BCUT2D eigenvalue weighted by Gasteiger charge is -2.14. The number of nitrogens with one attached hydrogen (secondary N) is 2. The normalized spacial score (nSPS) is 11.2. The second-order valence-corrected chi connectivity index (χ2v) is 4.47. The number of halogens is 1. The van der Waals surface area contributed by atoms with Crippen LogP contribution in [0.4, 0.5) is 5.69 Å². The van der Waals surface area contributed by atoms with E-state index in [1.165, 1.54) is 7.11 Å². The molecule has 2 N–H and O–H groups in total. The standard InChI is InChI=1S/C14H20N2O3.ClH/c1-9-5-6-11(14(18)19-4)7-12(9)16-13(17)10(2)8-15-3;/h5-7,10,15H,8H2,1-4H3,(H,16,17);1H. The maximum atomic E-state index is 11.9. The molecule has 5 nitrogen and oxygen atoms in total. The van der Waals surface area contributed by atoms with Crippen molar-refractivity contribution < 1.29 is 14.3 Å². The van der Waals surface area contributed by atoms with E-state index in [2.05, 4.69) is 15.4 Å². The summed E-state index contributed by atoms with van der Waals surface area (Å²) in [5, 5.41) is 5.78. The van der Waals surface area contributed by atoms with Gasteiger partial charge in [-0.2, -0.15) is 0 Å². The van der Waals surface area contributed by atoms with Gasteiger partial charge in [-0.1, -0.05) is 13.0 Å². The SMILES string of the molecule is CNCC(C)C(=O)Nc1cc(C(=O)OC)ccc1C.Cl. The van der Waals surface area contributed by atoms with E-state index in [9.17, 15) is 9.59 Å². The summed E-state index contributed by atoms with van der Waals surface area (Å²) in [5.74, 6) is -0.649. The minimum Gasteiger partial charge on any atom is -0.465 e. The highest BCUT2D eigenvalue weighted by Crippen LogP contribution is 2.18. The number of rotatable bonds is 5. The van der Waals surface area contributed by atoms with E-state index in [4.69, 9.17) is 0 Å². The van der Waals surface area contributed by atoms with Gasteiger partial charge >= 0.3 is 5.97 Å². The Morgan fingerprint density at radius 2 is 2.00 bits per heavy atom. The molecular weight excluding hydrogens is 280 g/mol. The highest BCUT2D eigenvalue weighted by Gasteiger charge is 2.14. The first-order valence-corrected chi connectivity index (χ1v) is 6.14. The number of methoxy groups -OCH3 is 1. The van der Waals surface area contributed by atoms with Gasteiger partial charge in [-0.15, -0.1) is 12.4 Å². The molecule has 0 aromatic heterocycles. The molecule has 0 bridgehead atoms. The summed E-state index contributed by atoms with van der Waals surface area (Å²) in [6, 6.07) is 5.09. The highest BCUT2D eigenvalue weighted by atomic mass is 35.5. The molecule has 1 aromatic carbocycles. The van der Waals surface area contributed by atoms with Crippen molar-refractivity contribution in [2.24, 2.45) is 5.92 Å². The van der Waals surface area contributed by atoms with Gasteiger partial charge in [0.25, 0.3) is 0 Å². The van der Waals surface area contributed by atoms with E-state index in [0.29, 0.717) is 17.8 Å². The fraction of sp³-hybridized carbons (Fsp3) is 0.429. The van der Waals surface area contributed by atoms with Crippen LogP contribution in [0.15, 0.2) is 18.2 Å². The van der Waals surface area contributed by atoms with Crippen LogP contribution < -0.4 is 10.6 Å². The maximum Gasteiger partial charge on any atom is 0.337 e. The van der Waals surface area contributed by atoms with Gasteiger partial charge in [0.05, 0.1) is 12.7 Å². The van der Waals surface area contributed by atoms with Crippen LogP contribution in [0.25, 0.3) is 0 Å². The van der Waals surface area contributed by atoms with Gasteiger partial charge in [-0.25, -0.2) is 4.79 Å². The lowest BCUT2D eigenvalue weighted by Crippen LogP contribution is -2.28. The quantitative estimate of drug-likeness (QED) is 0.816. The van der Waals surface area contributed by atoms with Gasteiger partial charge in [0.15, 0.2) is 0 Å². The van der Waals surface area contributed by atoms with Crippen LogP contribution in [-0.2, 0) is 9.53 Å². The van der Waals surface area contributed by atoms with Gasteiger partial charge in [0, 0.05) is 18.2 Å². The molecular formula is C14H21ClN2O3. The molecule has 0 saturated heterocycles. The predicted molar refractivity (Wildman–Crippen MR) is 81.5 cm³/mol. The number of carbonyl (C=O) groups excluding carboxylic acids is 2. The van der Waals surface area contributed by atoms with Gasteiger partial charge in [-0.3, -0.25) is 4.79 Å². The molecule has 20 heavy (non-hydrogen) atoms. The topological polar surface area (TPSA) is 67.4 Å². The van der Waals surface area contributed by atoms with Crippen LogP contribution in [0, 0.1) is 12.8 Å². The smallest absolute Gasteiger partial charge is 0.337 e. The molecule has 1 atom stereocenters. The van der Waals surface area contributed by atoms with Gasteiger partial charge in [-0.05, 0) is 31.7 Å². The molecule has 0 aliphatic carbocycles. The van der Waals surface area contributed by atoms with Crippen molar-refractivity contribution in [2.75, 3.05) is 26.0 Å². The van der Waals surface area contributed by atoms with Gasteiger partial charge < -0.3 is 15.4 Å². The Bertz CT molecular complexity index is 477. The average molecular weight is 301 g/mol. The number of hydrogen-bond donors (Lipinski definition) is 2. The number of esters is 1. The molecule has 1 unspecified atom stereocenters. The number of ether oxygens (including phenoxy) is 1. The first-order chi connectivity index (χ1) is 8.99. The van der Waals surface area contributed by atoms with Crippen molar-refractivity contribution >= 4 is 30.0 Å². The average Bonchev–Trinajstić information content (AvgIpc) is 2.40. The second-order valence-electron chi connectivity index (χ2n) is 4.47. The summed E-state index contributed by atoms with van der Waals surface area (Å²) in [6.07, 6.45) is 0. The Kier molecular flexibility index (Phi) is 7.87. The van der Waals surface area contributed by atoms with Crippen LogP contribution in [-0.4, -0.2) is 32.6 Å². The summed E-state index contributed by atoms with van der Waals surface area (Å²) in [4.78, 5) is 23.4. The monoisotopic (exact) mass is 300 g/mol. The molecule has 0 aliphatic rings. The van der Waals surface area contributed by atoms with Crippen molar-refractivity contribution in [3.8, 4) is 0 Å². The Hall–Kier alpha value is -1.59. The molecule has 0 aliphatic heterocycles. The van der Waals surface area contributed by atoms with Crippen molar-refractivity contribution in [2.45, 2.75) is 13.8 Å². The second kappa shape index (κ2) is 8.55. The van der Waals surface area contributed by atoms with Gasteiger partial charge in [0.1, 0.15) is 0 Å². The van der Waals surface area contributed by atoms with E-state index >= 15 is 0 Å². The van der Waals surface area contributed by atoms with Crippen molar-refractivity contribution in [3.63, 3.8) is 0 Å². The van der Waals surface area contributed by atoms with E-state index < -0.39 is 5.97 Å². The summed E-state index contributed by atoms with van der Waals surface area (Å²) >= 11 is 0. The summed E-state index contributed by atoms with van der Waals surface area (Å²) in [5.41, 5.74) is 1.96. The van der Waals surface area contributed by atoms with Crippen LogP contribution in [0.3, 0.4) is 0 Å². The third-order valence-corrected chi connectivity index (χ3v) is 2.87. The van der Waals surface area contributed by atoms with Crippen molar-refractivity contribution in [1.29, 1.82) is 0 Å². The van der Waals surface area contributed by atoms with Crippen LogP contribution >= 0.6 is 12.4 Å². The van der Waals surface area contributed by atoms with Crippen LogP contribution in [0.1, 0.15) is 22.8 Å². The van der Waals surface area contributed by atoms with E-state index in [0.717, 1.165) is 5.56 Å². The lowest BCUT2D eigenvalue weighted by atomic mass is 10.1. The zero-order valence-corrected chi connectivity index (χ0v) is 13.0. The molecule has 0 spiro atoms. The third kappa shape index (κ3) is 4.83. The molecule has 6 heteroatoms. The zero-order chi connectivity index (χ0) is 14.4. The van der Waals surface area contributed by atoms with E-state index in [1.807, 2.05) is 13.8 Å².